The third-order valence-electron chi connectivity index (χ3n) is 2.03. The Hall–Kier alpha value is -2.24. The number of carbonyl (C=O) groups is 1. The van der Waals surface area contributed by atoms with E-state index in [4.69, 9.17) is 4.42 Å². The van der Waals surface area contributed by atoms with Crippen LogP contribution in [0.1, 0.15) is 16.3 Å². The fourth-order valence-electron chi connectivity index (χ4n) is 1.25. The molecule has 4 nitrogen and oxygen atoms in total. The molecule has 0 aliphatic heterocycles. The second-order valence-corrected chi connectivity index (χ2v) is 3.34. The predicted molar refractivity (Wildman–Crippen MR) is 55.6 cm³/mol. The van der Waals surface area contributed by atoms with Crippen LogP contribution in [0.25, 0.3) is 0 Å². The highest BCUT2D eigenvalue weighted by Crippen LogP contribution is 2.14. The normalized spacial score (nSPS) is 10.3. The van der Waals surface area contributed by atoms with E-state index in [2.05, 4.69) is 10.3 Å². The van der Waals surface area contributed by atoms with Gasteiger partial charge >= 0.3 is 0 Å². The van der Waals surface area contributed by atoms with Gasteiger partial charge in [0.15, 0.2) is 5.76 Å². The first-order valence-electron chi connectivity index (χ1n) is 4.76. The molecular formula is C11H8F2N2O2. The molecule has 88 valence electrons. The molecule has 0 radical (unpaired) electrons. The van der Waals surface area contributed by atoms with Gasteiger partial charge < -0.3 is 9.73 Å². The molecule has 2 aromatic heterocycles. The van der Waals surface area contributed by atoms with E-state index in [-0.39, 0.29) is 11.4 Å². The second kappa shape index (κ2) is 4.32. The summed E-state index contributed by atoms with van der Waals surface area (Å²) < 4.78 is 30.7. The molecule has 0 aromatic carbocycles. The number of nitrogens with one attached hydrogen (secondary N) is 1. The Kier molecular flexibility index (Phi) is 2.86. The molecule has 2 heterocycles. The van der Waals surface area contributed by atoms with Crippen molar-refractivity contribution in [2.45, 2.75) is 6.92 Å². The Morgan fingerprint density at radius 1 is 1.29 bits per heavy atom. The van der Waals surface area contributed by atoms with Gasteiger partial charge in [-0.2, -0.15) is 13.8 Å². The van der Waals surface area contributed by atoms with Crippen LogP contribution in [0, 0.1) is 18.8 Å². The molecule has 1 amide bonds. The van der Waals surface area contributed by atoms with Crippen molar-refractivity contribution in [1.29, 1.82) is 0 Å². The Balaban J connectivity index is 2.18. The molecule has 0 unspecified atom stereocenters. The lowest BCUT2D eigenvalue weighted by atomic mass is 10.3. The first-order valence-corrected chi connectivity index (χ1v) is 4.76. The molecule has 0 saturated heterocycles. The molecule has 0 spiro atoms. The summed E-state index contributed by atoms with van der Waals surface area (Å²) in [6, 6.07) is 5.10. The number of hydrogen-bond donors (Lipinski definition) is 1. The number of rotatable bonds is 2. The summed E-state index contributed by atoms with van der Waals surface area (Å²) >= 11 is 0. The topological polar surface area (TPSA) is 55.1 Å². The second-order valence-electron chi connectivity index (χ2n) is 3.34. The Morgan fingerprint density at radius 2 is 2.06 bits per heavy atom. The standard InChI is InChI=1S/C11H8F2N2O2/c1-6-2-4-8(17-6)11(16)14-7-3-5-9(12)15-10(7)13/h2-5H,1H3,(H,14,16). The number of furan rings is 1. The van der Waals surface area contributed by atoms with Crippen LogP contribution in [0.3, 0.4) is 0 Å². The molecule has 0 fully saturated rings. The van der Waals surface area contributed by atoms with E-state index in [1.54, 1.807) is 13.0 Å². The van der Waals surface area contributed by atoms with Gasteiger partial charge in [0.1, 0.15) is 5.76 Å². The Morgan fingerprint density at radius 3 is 2.65 bits per heavy atom. The van der Waals surface area contributed by atoms with Crippen molar-refractivity contribution in [1.82, 2.24) is 4.98 Å². The van der Waals surface area contributed by atoms with Crippen LogP contribution in [0.2, 0.25) is 0 Å². The van der Waals surface area contributed by atoms with Crippen molar-refractivity contribution in [2.75, 3.05) is 5.32 Å². The van der Waals surface area contributed by atoms with E-state index in [0.29, 0.717) is 5.76 Å². The zero-order valence-electron chi connectivity index (χ0n) is 8.83. The number of amides is 1. The van der Waals surface area contributed by atoms with E-state index in [1.165, 1.54) is 6.07 Å². The van der Waals surface area contributed by atoms with Crippen molar-refractivity contribution in [2.24, 2.45) is 0 Å². The predicted octanol–water partition coefficient (Wildman–Crippen LogP) is 2.51. The molecule has 17 heavy (non-hydrogen) atoms. The van der Waals surface area contributed by atoms with E-state index < -0.39 is 17.8 Å². The number of anilines is 1. The highest BCUT2D eigenvalue weighted by Gasteiger charge is 2.13. The van der Waals surface area contributed by atoms with Gasteiger partial charge in [-0.1, -0.05) is 0 Å². The highest BCUT2D eigenvalue weighted by atomic mass is 19.1. The van der Waals surface area contributed by atoms with Crippen LogP contribution in [0.4, 0.5) is 14.5 Å². The first-order chi connectivity index (χ1) is 8.06. The number of hydrogen-bond acceptors (Lipinski definition) is 3. The van der Waals surface area contributed by atoms with E-state index >= 15 is 0 Å². The SMILES string of the molecule is Cc1ccc(C(=O)Nc2ccc(F)nc2F)o1. The summed E-state index contributed by atoms with van der Waals surface area (Å²) in [7, 11) is 0. The van der Waals surface area contributed by atoms with E-state index in [9.17, 15) is 13.6 Å². The number of aromatic nitrogens is 1. The average Bonchev–Trinajstić information content (AvgIpc) is 2.69. The summed E-state index contributed by atoms with van der Waals surface area (Å²) in [5.74, 6) is -2.04. The third kappa shape index (κ3) is 2.47. The first kappa shape index (κ1) is 11.3. The number of nitrogens with zero attached hydrogens (tertiary/aromatic N) is 1. The fourth-order valence-corrected chi connectivity index (χ4v) is 1.25. The smallest absolute Gasteiger partial charge is 0.291 e. The fraction of sp³-hybridized carbons (Fsp3) is 0.0909. The van der Waals surface area contributed by atoms with Crippen LogP contribution < -0.4 is 5.32 Å². The molecule has 2 rings (SSSR count). The number of aryl methyl sites for hydroxylation is 1. The lowest BCUT2D eigenvalue weighted by Crippen LogP contribution is -2.12. The molecular weight excluding hydrogens is 230 g/mol. The van der Waals surface area contributed by atoms with Crippen LogP contribution in [0.5, 0.6) is 0 Å². The van der Waals surface area contributed by atoms with Crippen LogP contribution in [0.15, 0.2) is 28.7 Å². The molecule has 6 heteroatoms. The molecule has 0 bridgehead atoms. The third-order valence-corrected chi connectivity index (χ3v) is 2.03. The summed E-state index contributed by atoms with van der Waals surface area (Å²) in [5.41, 5.74) is -0.203. The number of carbonyl (C=O) groups excluding carboxylic acids is 1. The van der Waals surface area contributed by atoms with Gasteiger partial charge in [-0.05, 0) is 31.2 Å². The maximum atomic E-state index is 13.1. The minimum Gasteiger partial charge on any atom is -0.456 e. The number of halogens is 2. The molecule has 0 atom stereocenters. The average molecular weight is 238 g/mol. The van der Waals surface area contributed by atoms with Gasteiger partial charge in [0.05, 0.1) is 5.69 Å². The van der Waals surface area contributed by atoms with Gasteiger partial charge in [0, 0.05) is 0 Å². The lowest BCUT2D eigenvalue weighted by molar-refractivity contribution is 0.0994. The van der Waals surface area contributed by atoms with Crippen LogP contribution >= 0.6 is 0 Å². The van der Waals surface area contributed by atoms with Gasteiger partial charge in [0.25, 0.3) is 5.91 Å². The van der Waals surface area contributed by atoms with E-state index in [0.717, 1.165) is 12.1 Å². The quantitative estimate of drug-likeness (QED) is 0.818. The van der Waals surface area contributed by atoms with Crippen molar-refractivity contribution in [3.8, 4) is 0 Å². The number of pyridine rings is 1. The zero-order chi connectivity index (χ0) is 12.4. The summed E-state index contributed by atoms with van der Waals surface area (Å²) in [4.78, 5) is 14.5. The monoisotopic (exact) mass is 238 g/mol. The van der Waals surface area contributed by atoms with Crippen molar-refractivity contribution in [3.05, 3.63) is 47.7 Å². The molecule has 2 aromatic rings. The largest absolute Gasteiger partial charge is 0.456 e. The van der Waals surface area contributed by atoms with Gasteiger partial charge in [-0.15, -0.1) is 0 Å². The van der Waals surface area contributed by atoms with Gasteiger partial charge in [-0.25, -0.2) is 0 Å². The van der Waals surface area contributed by atoms with Crippen molar-refractivity contribution >= 4 is 11.6 Å². The minimum atomic E-state index is -1.08. The highest BCUT2D eigenvalue weighted by molar-refractivity contribution is 6.02. The van der Waals surface area contributed by atoms with Crippen LogP contribution in [-0.2, 0) is 0 Å². The zero-order valence-corrected chi connectivity index (χ0v) is 8.83. The molecule has 0 aliphatic carbocycles. The molecule has 0 saturated carbocycles. The lowest BCUT2D eigenvalue weighted by Gasteiger charge is -2.03. The molecule has 1 N–H and O–H groups in total. The minimum absolute atomic E-state index is 0.0474. The summed E-state index contributed by atoms with van der Waals surface area (Å²) in [6.45, 7) is 1.68. The van der Waals surface area contributed by atoms with Gasteiger partial charge in [0.2, 0.25) is 11.9 Å². The van der Waals surface area contributed by atoms with Gasteiger partial charge in [-0.3, -0.25) is 4.79 Å². The van der Waals surface area contributed by atoms with Crippen LogP contribution in [-0.4, -0.2) is 10.9 Å². The summed E-state index contributed by atoms with van der Waals surface area (Å²) in [5, 5.41) is 2.23. The molecule has 0 aliphatic rings. The Bertz CT molecular complexity index is 566. The maximum absolute atomic E-state index is 13.1. The maximum Gasteiger partial charge on any atom is 0.291 e. The Labute approximate surface area is 95.3 Å². The van der Waals surface area contributed by atoms with E-state index in [1.807, 2.05) is 0 Å². The van der Waals surface area contributed by atoms with Crippen molar-refractivity contribution in [3.63, 3.8) is 0 Å². The summed E-state index contributed by atoms with van der Waals surface area (Å²) in [6.07, 6.45) is 0. The van der Waals surface area contributed by atoms with Crippen molar-refractivity contribution < 1.29 is 18.0 Å².